The van der Waals surface area contributed by atoms with Crippen LogP contribution in [-0.4, -0.2) is 25.2 Å². The highest BCUT2D eigenvalue weighted by atomic mass is 16.5. The Balaban J connectivity index is 1.87. The molecule has 0 aromatic rings. The van der Waals surface area contributed by atoms with E-state index < -0.39 is 0 Å². The summed E-state index contributed by atoms with van der Waals surface area (Å²) in [6.45, 7) is 1.44. The lowest BCUT2D eigenvalue weighted by atomic mass is 10.2. The number of hydrogen-bond donors (Lipinski definition) is 1. The summed E-state index contributed by atoms with van der Waals surface area (Å²) in [6.07, 6.45) is 7.83. The van der Waals surface area contributed by atoms with Gasteiger partial charge in [-0.05, 0) is 18.8 Å². The van der Waals surface area contributed by atoms with Crippen LogP contribution >= 0.6 is 0 Å². The van der Waals surface area contributed by atoms with Gasteiger partial charge in [0.1, 0.15) is 6.61 Å². The minimum atomic E-state index is 0.127. The Kier molecular flexibility index (Phi) is 1.91. The molecule has 0 radical (unpaired) electrons. The highest BCUT2D eigenvalue weighted by molar-refractivity contribution is 5.75. The van der Waals surface area contributed by atoms with Gasteiger partial charge < -0.3 is 10.1 Å². The van der Waals surface area contributed by atoms with Crippen LogP contribution in [0.5, 0.6) is 0 Å². The smallest absolute Gasteiger partial charge is 0.285 e. The summed E-state index contributed by atoms with van der Waals surface area (Å²) < 4.78 is 5.21. The molecule has 3 nitrogen and oxygen atoms in total. The molecule has 1 aliphatic heterocycles. The number of nitrogens with zero attached hydrogens (tertiary/aromatic N) is 1. The fourth-order valence-corrected chi connectivity index (χ4v) is 1.28. The molecular weight excluding hydrogens is 152 g/mol. The van der Waals surface area contributed by atoms with Crippen molar-refractivity contribution in [1.82, 2.24) is 5.32 Å². The average Bonchev–Trinajstić information content (AvgIpc) is 2.80. The molecule has 1 N–H and O–H groups in total. The molecule has 0 aromatic carbocycles. The summed E-state index contributed by atoms with van der Waals surface area (Å²) in [5.41, 5.74) is 0. The second-order valence-electron chi connectivity index (χ2n) is 3.16. The van der Waals surface area contributed by atoms with E-state index in [0.29, 0.717) is 18.5 Å². The molecule has 12 heavy (non-hydrogen) atoms. The van der Waals surface area contributed by atoms with Gasteiger partial charge >= 0.3 is 0 Å². The number of amidine groups is 1. The standard InChI is InChI=1S/C9H12N2O/c1-2-8(7-3-4-7)11-9-10-5-6-12-9/h1,7-8H,3-6H2,(H,10,11)/t8-/m0/s1. The number of ether oxygens (including phenoxy) is 1. The Labute approximate surface area is 72.2 Å². The lowest BCUT2D eigenvalue weighted by molar-refractivity contribution is 0.327. The molecule has 1 heterocycles. The zero-order valence-corrected chi connectivity index (χ0v) is 6.92. The third-order valence-corrected chi connectivity index (χ3v) is 2.14. The normalized spacial score (nSPS) is 23.8. The van der Waals surface area contributed by atoms with Crippen molar-refractivity contribution in [3.05, 3.63) is 0 Å². The van der Waals surface area contributed by atoms with Gasteiger partial charge in [-0.25, -0.2) is 4.99 Å². The lowest BCUT2D eigenvalue weighted by Crippen LogP contribution is -2.35. The van der Waals surface area contributed by atoms with Crippen molar-refractivity contribution in [2.24, 2.45) is 10.9 Å². The monoisotopic (exact) mass is 164 g/mol. The third-order valence-electron chi connectivity index (χ3n) is 2.14. The zero-order valence-electron chi connectivity index (χ0n) is 6.92. The number of nitrogens with one attached hydrogen (secondary N) is 1. The molecule has 1 fully saturated rings. The molecule has 2 rings (SSSR count). The minimum Gasteiger partial charge on any atom is -0.463 e. The van der Waals surface area contributed by atoms with E-state index in [9.17, 15) is 0 Å². The van der Waals surface area contributed by atoms with Gasteiger partial charge in [-0.2, -0.15) is 0 Å². The molecule has 2 aliphatic rings. The quantitative estimate of drug-likeness (QED) is 0.598. The lowest BCUT2D eigenvalue weighted by Gasteiger charge is -2.11. The number of terminal acetylenes is 1. The van der Waals surface area contributed by atoms with Crippen LogP contribution in [0.15, 0.2) is 4.99 Å². The predicted molar refractivity (Wildman–Crippen MR) is 46.7 cm³/mol. The van der Waals surface area contributed by atoms with E-state index in [2.05, 4.69) is 16.2 Å². The van der Waals surface area contributed by atoms with E-state index in [1.54, 1.807) is 0 Å². The number of hydrogen-bond acceptors (Lipinski definition) is 3. The van der Waals surface area contributed by atoms with Crippen LogP contribution in [-0.2, 0) is 4.74 Å². The zero-order chi connectivity index (χ0) is 8.39. The molecule has 0 aromatic heterocycles. The van der Waals surface area contributed by atoms with E-state index >= 15 is 0 Å². The van der Waals surface area contributed by atoms with Gasteiger partial charge in [0.15, 0.2) is 0 Å². The Bertz CT molecular complexity index is 237. The van der Waals surface area contributed by atoms with Crippen LogP contribution in [0, 0.1) is 18.3 Å². The first kappa shape index (κ1) is 7.48. The van der Waals surface area contributed by atoms with Crippen LogP contribution in [0.2, 0.25) is 0 Å². The Morgan fingerprint density at radius 1 is 1.67 bits per heavy atom. The minimum absolute atomic E-state index is 0.127. The van der Waals surface area contributed by atoms with Gasteiger partial charge in [0.2, 0.25) is 0 Å². The van der Waals surface area contributed by atoms with E-state index in [1.165, 1.54) is 12.8 Å². The van der Waals surface area contributed by atoms with E-state index in [1.807, 2.05) is 0 Å². The maximum atomic E-state index is 5.37. The van der Waals surface area contributed by atoms with Crippen molar-refractivity contribution in [3.63, 3.8) is 0 Å². The topological polar surface area (TPSA) is 33.6 Å². The molecule has 0 saturated heterocycles. The second kappa shape index (κ2) is 3.06. The highest BCUT2D eigenvalue weighted by Crippen LogP contribution is 2.32. The van der Waals surface area contributed by atoms with Crippen molar-refractivity contribution >= 4 is 6.02 Å². The van der Waals surface area contributed by atoms with Gasteiger partial charge in [0, 0.05) is 0 Å². The molecule has 1 saturated carbocycles. The van der Waals surface area contributed by atoms with Crippen molar-refractivity contribution in [2.45, 2.75) is 18.9 Å². The first-order chi connectivity index (χ1) is 5.90. The maximum absolute atomic E-state index is 5.37. The van der Waals surface area contributed by atoms with Crippen molar-refractivity contribution < 1.29 is 4.74 Å². The van der Waals surface area contributed by atoms with Gasteiger partial charge in [0.05, 0.1) is 12.6 Å². The molecule has 0 unspecified atom stereocenters. The summed E-state index contributed by atoms with van der Waals surface area (Å²) in [7, 11) is 0. The van der Waals surface area contributed by atoms with Crippen LogP contribution in [0.3, 0.4) is 0 Å². The SMILES string of the molecule is C#C[C@H](NC1=NCCO1)C1CC1. The predicted octanol–water partition coefficient (Wildman–Crippen LogP) is 0.374. The van der Waals surface area contributed by atoms with Crippen molar-refractivity contribution in [1.29, 1.82) is 0 Å². The summed E-state index contributed by atoms with van der Waals surface area (Å²) in [6, 6.07) is 0.756. The molecule has 0 spiro atoms. The van der Waals surface area contributed by atoms with Gasteiger partial charge in [-0.15, -0.1) is 6.42 Å². The molecule has 1 atom stereocenters. The van der Waals surface area contributed by atoms with Gasteiger partial charge in [-0.3, -0.25) is 0 Å². The van der Waals surface area contributed by atoms with Crippen LogP contribution in [0.25, 0.3) is 0 Å². The average molecular weight is 164 g/mol. The van der Waals surface area contributed by atoms with Crippen molar-refractivity contribution in [3.8, 4) is 12.3 Å². The number of aliphatic imine (C=N–C) groups is 1. The molecule has 0 amide bonds. The summed E-state index contributed by atoms with van der Waals surface area (Å²) >= 11 is 0. The van der Waals surface area contributed by atoms with Crippen LogP contribution in [0.1, 0.15) is 12.8 Å². The molecular formula is C9H12N2O. The third kappa shape index (κ3) is 1.53. The second-order valence-corrected chi connectivity index (χ2v) is 3.16. The Morgan fingerprint density at radius 3 is 3.00 bits per heavy atom. The van der Waals surface area contributed by atoms with Gasteiger partial charge in [0.25, 0.3) is 6.02 Å². The van der Waals surface area contributed by atoms with Crippen LogP contribution in [0.4, 0.5) is 0 Å². The molecule has 64 valence electrons. The first-order valence-corrected chi connectivity index (χ1v) is 4.30. The fraction of sp³-hybridized carbons (Fsp3) is 0.667. The molecule has 1 aliphatic carbocycles. The van der Waals surface area contributed by atoms with E-state index in [-0.39, 0.29) is 6.04 Å². The van der Waals surface area contributed by atoms with Gasteiger partial charge in [-0.1, -0.05) is 5.92 Å². The summed E-state index contributed by atoms with van der Waals surface area (Å²) in [4.78, 5) is 4.12. The number of rotatable bonds is 2. The Morgan fingerprint density at radius 2 is 2.50 bits per heavy atom. The highest BCUT2D eigenvalue weighted by Gasteiger charge is 2.31. The molecule has 0 bridgehead atoms. The fourth-order valence-electron chi connectivity index (χ4n) is 1.28. The molecule has 3 heteroatoms. The summed E-state index contributed by atoms with van der Waals surface area (Å²) in [5.74, 6) is 3.36. The first-order valence-electron chi connectivity index (χ1n) is 4.30. The van der Waals surface area contributed by atoms with E-state index in [0.717, 1.165) is 6.54 Å². The Hall–Kier alpha value is -1.17. The van der Waals surface area contributed by atoms with Crippen molar-refractivity contribution in [2.75, 3.05) is 13.2 Å². The van der Waals surface area contributed by atoms with Crippen LogP contribution < -0.4 is 5.32 Å². The largest absolute Gasteiger partial charge is 0.463 e. The maximum Gasteiger partial charge on any atom is 0.285 e. The summed E-state index contributed by atoms with van der Waals surface area (Å²) in [5, 5.41) is 3.12. The van der Waals surface area contributed by atoms with E-state index in [4.69, 9.17) is 11.2 Å².